The Balaban J connectivity index is 1.44. The van der Waals surface area contributed by atoms with Crippen molar-refractivity contribution in [3.8, 4) is 11.4 Å². The van der Waals surface area contributed by atoms with E-state index in [4.69, 9.17) is 20.5 Å². The molecule has 11 nitrogen and oxygen atoms in total. The number of fused-ring (bicyclic) bond motifs is 2. The highest BCUT2D eigenvalue weighted by Crippen LogP contribution is 2.38. The third-order valence-corrected chi connectivity index (χ3v) is 6.72. The van der Waals surface area contributed by atoms with Crippen molar-refractivity contribution in [3.63, 3.8) is 0 Å². The fourth-order valence-corrected chi connectivity index (χ4v) is 4.55. The van der Waals surface area contributed by atoms with Crippen molar-refractivity contribution in [2.24, 2.45) is 11.8 Å². The minimum Gasteiger partial charge on any atom is -0.378 e. The van der Waals surface area contributed by atoms with E-state index in [2.05, 4.69) is 40.8 Å². The summed E-state index contributed by atoms with van der Waals surface area (Å²) in [4.78, 5) is 23.6. The molecule has 0 spiro atoms. The van der Waals surface area contributed by atoms with Crippen LogP contribution in [0.5, 0.6) is 0 Å². The number of anilines is 3. The highest BCUT2D eigenvalue weighted by atomic mass is 35.5. The quantitative estimate of drug-likeness (QED) is 0.429. The lowest BCUT2D eigenvalue weighted by Gasteiger charge is -2.28. The predicted octanol–water partition coefficient (Wildman–Crippen LogP) is 2.86. The summed E-state index contributed by atoms with van der Waals surface area (Å²) < 4.78 is 29.8. The van der Waals surface area contributed by atoms with Gasteiger partial charge < -0.3 is 20.3 Å². The van der Waals surface area contributed by atoms with E-state index in [0.29, 0.717) is 46.6 Å². The van der Waals surface area contributed by atoms with Crippen LogP contribution >= 0.6 is 11.6 Å². The molecule has 180 valence electrons. The number of pyridine rings is 2. The number of carbonyl (C=O) groups excluding carboxylic acids is 1. The van der Waals surface area contributed by atoms with Crippen LogP contribution in [0.25, 0.3) is 27.9 Å². The third-order valence-electron chi connectivity index (χ3n) is 6.44. The maximum atomic E-state index is 12.5. The highest BCUT2D eigenvalue weighted by Gasteiger charge is 2.39. The van der Waals surface area contributed by atoms with Crippen molar-refractivity contribution in [3.05, 3.63) is 29.5 Å². The number of halogens is 1. The first-order valence-corrected chi connectivity index (χ1v) is 11.7. The lowest BCUT2D eigenvalue weighted by atomic mass is 10.1. The normalized spacial score (nSPS) is 21.4. The fraction of sp³-hybridized carbons (Fsp3) is 0.391. The number of nitrogens with zero attached hydrogens (tertiary/aromatic N) is 7. The molecule has 6 rings (SSSR count). The zero-order valence-corrected chi connectivity index (χ0v) is 19.6. The van der Waals surface area contributed by atoms with Crippen LogP contribution in [0, 0.1) is 11.8 Å². The molecule has 0 unspecified atom stereocenters. The Labute approximate surface area is 210 Å². The van der Waals surface area contributed by atoms with E-state index in [1.165, 1.54) is 6.20 Å². The number of amides is 1. The standard InChI is InChI=1S/C23H24ClN9O2/c1-12-7-14(12)23(34)27-18-9-15-16(10-26-21(25-2)19(15)30-29-18)20-28-22-17(24)8-13(11-33(22)31-20)32-3-5-35-6-4-32/h8-12,14H,3-7H2,1-2H3,(H,25,26)(H,27,29,34)/t12-,14+/m1/s1/i2D3. The molecule has 5 heterocycles. The summed E-state index contributed by atoms with van der Waals surface area (Å²) in [6, 6.07) is 3.47. The number of hydrogen-bond acceptors (Lipinski definition) is 9. The van der Waals surface area contributed by atoms with Crippen LogP contribution in [0.1, 0.15) is 17.5 Å². The number of hydrogen-bond donors (Lipinski definition) is 2. The van der Waals surface area contributed by atoms with Gasteiger partial charge in [0.2, 0.25) is 5.91 Å². The first-order chi connectivity index (χ1) is 18.2. The molecule has 2 aliphatic rings. The van der Waals surface area contributed by atoms with Crippen LogP contribution in [0.3, 0.4) is 0 Å². The molecule has 0 aromatic carbocycles. The van der Waals surface area contributed by atoms with Gasteiger partial charge >= 0.3 is 0 Å². The summed E-state index contributed by atoms with van der Waals surface area (Å²) >= 11 is 6.59. The zero-order chi connectivity index (χ0) is 26.6. The Hall–Kier alpha value is -3.57. The summed E-state index contributed by atoms with van der Waals surface area (Å²) in [5, 5.41) is 19.1. The third kappa shape index (κ3) is 4.00. The van der Waals surface area contributed by atoms with Gasteiger partial charge in [-0.1, -0.05) is 18.5 Å². The summed E-state index contributed by atoms with van der Waals surface area (Å²) in [5.41, 5.74) is 2.03. The van der Waals surface area contributed by atoms with Gasteiger partial charge in [0.25, 0.3) is 0 Å². The van der Waals surface area contributed by atoms with E-state index in [-0.39, 0.29) is 29.0 Å². The van der Waals surface area contributed by atoms with E-state index in [1.807, 2.05) is 19.2 Å². The molecule has 4 aromatic rings. The molecule has 12 heteroatoms. The van der Waals surface area contributed by atoms with Crippen LogP contribution in [0.15, 0.2) is 24.5 Å². The second-order valence-electron chi connectivity index (χ2n) is 8.80. The van der Waals surface area contributed by atoms with Crippen molar-refractivity contribution in [1.82, 2.24) is 29.8 Å². The Morgan fingerprint density at radius 3 is 2.89 bits per heavy atom. The molecule has 1 saturated heterocycles. The zero-order valence-electron chi connectivity index (χ0n) is 21.8. The molecule has 2 N–H and O–H groups in total. The van der Waals surface area contributed by atoms with E-state index < -0.39 is 6.98 Å². The van der Waals surface area contributed by atoms with Gasteiger partial charge in [-0.25, -0.2) is 14.5 Å². The van der Waals surface area contributed by atoms with E-state index >= 15 is 0 Å². The smallest absolute Gasteiger partial charge is 0.228 e. The van der Waals surface area contributed by atoms with Crippen molar-refractivity contribution in [2.45, 2.75) is 13.3 Å². The molecular formula is C23H24ClN9O2. The van der Waals surface area contributed by atoms with E-state index in [1.54, 1.807) is 10.6 Å². The summed E-state index contributed by atoms with van der Waals surface area (Å²) in [6.45, 7) is 2.25. The van der Waals surface area contributed by atoms with Crippen molar-refractivity contribution < 1.29 is 13.6 Å². The highest BCUT2D eigenvalue weighted by molar-refractivity contribution is 6.33. The van der Waals surface area contributed by atoms with Gasteiger partial charge in [-0.2, -0.15) is 0 Å². The predicted molar refractivity (Wildman–Crippen MR) is 133 cm³/mol. The molecular weight excluding hydrogens is 470 g/mol. The SMILES string of the molecule is [2H]C([2H])([2H])Nc1ncc(-c2nc3c(Cl)cc(N4CCOCC4)cn3n2)c2cc(NC(=O)[C@H]3C[C@H]3C)nnc12. The van der Waals surface area contributed by atoms with Gasteiger partial charge in [0.15, 0.2) is 23.1 Å². The van der Waals surface area contributed by atoms with Gasteiger partial charge in [0.1, 0.15) is 5.52 Å². The largest absolute Gasteiger partial charge is 0.378 e. The Morgan fingerprint density at radius 2 is 2.11 bits per heavy atom. The Bertz CT molecular complexity index is 1550. The molecule has 1 aliphatic heterocycles. The fourth-order valence-electron chi connectivity index (χ4n) is 4.31. The topological polar surface area (TPSA) is 122 Å². The maximum absolute atomic E-state index is 12.5. The van der Waals surface area contributed by atoms with Crippen molar-refractivity contribution >= 4 is 51.4 Å². The second kappa shape index (κ2) is 8.58. The maximum Gasteiger partial charge on any atom is 0.228 e. The molecule has 1 aliphatic carbocycles. The minimum atomic E-state index is -2.50. The number of carbonyl (C=O) groups is 1. The molecule has 35 heavy (non-hydrogen) atoms. The molecule has 4 aromatic heterocycles. The van der Waals surface area contributed by atoms with Gasteiger partial charge in [0.05, 0.1) is 30.1 Å². The van der Waals surface area contributed by atoms with Crippen LogP contribution in [-0.2, 0) is 9.53 Å². The first kappa shape index (κ1) is 18.7. The number of ether oxygens (including phenoxy) is 1. The number of morpholine rings is 1. The Morgan fingerprint density at radius 1 is 1.29 bits per heavy atom. The first-order valence-electron chi connectivity index (χ1n) is 12.8. The van der Waals surface area contributed by atoms with Gasteiger partial charge in [-0.15, -0.1) is 15.3 Å². The van der Waals surface area contributed by atoms with Crippen molar-refractivity contribution in [2.75, 3.05) is 48.8 Å². The molecule has 2 fully saturated rings. The molecule has 1 amide bonds. The van der Waals surface area contributed by atoms with Gasteiger partial charge in [-0.05, 0) is 24.5 Å². The lowest BCUT2D eigenvalue weighted by Crippen LogP contribution is -2.36. The van der Waals surface area contributed by atoms with Crippen LogP contribution in [-0.4, -0.2) is 69.0 Å². The molecule has 0 radical (unpaired) electrons. The van der Waals surface area contributed by atoms with Crippen molar-refractivity contribution in [1.29, 1.82) is 0 Å². The number of nitrogens with one attached hydrogen (secondary N) is 2. The lowest BCUT2D eigenvalue weighted by molar-refractivity contribution is -0.117. The number of rotatable bonds is 5. The van der Waals surface area contributed by atoms with Gasteiger partial charge in [-0.3, -0.25) is 4.79 Å². The summed E-state index contributed by atoms with van der Waals surface area (Å²) in [5.74, 6) is 0.722. The van der Waals surface area contributed by atoms with E-state index in [0.717, 1.165) is 25.2 Å². The van der Waals surface area contributed by atoms with E-state index in [9.17, 15) is 4.79 Å². The summed E-state index contributed by atoms with van der Waals surface area (Å²) in [6.07, 6.45) is 4.15. The molecule has 1 saturated carbocycles. The monoisotopic (exact) mass is 496 g/mol. The minimum absolute atomic E-state index is 0.0290. The van der Waals surface area contributed by atoms with Gasteiger partial charge in [0, 0.05) is 47.2 Å². The van der Waals surface area contributed by atoms with Crippen LogP contribution < -0.4 is 15.5 Å². The molecule has 0 bridgehead atoms. The summed E-state index contributed by atoms with van der Waals surface area (Å²) in [7, 11) is 0. The average Bonchev–Trinajstić information content (AvgIpc) is 3.46. The molecule has 2 atom stereocenters. The van der Waals surface area contributed by atoms with Crippen LogP contribution in [0.2, 0.25) is 5.02 Å². The second-order valence-corrected chi connectivity index (χ2v) is 9.20. The Kier molecular flexibility index (Phi) is 4.59. The number of aromatic nitrogens is 6. The van der Waals surface area contributed by atoms with Crippen LogP contribution in [0.4, 0.5) is 17.3 Å². The average molecular weight is 497 g/mol.